The molecular formula is C14H23N3O3. The average Bonchev–Trinajstić information content (AvgIpc) is 2.40. The molecule has 20 heavy (non-hydrogen) atoms. The van der Waals surface area contributed by atoms with Gasteiger partial charge >= 0.3 is 5.97 Å². The summed E-state index contributed by atoms with van der Waals surface area (Å²) in [5.41, 5.74) is 0.704. The maximum absolute atomic E-state index is 11.8. The van der Waals surface area contributed by atoms with Crippen LogP contribution in [0.3, 0.4) is 0 Å². The van der Waals surface area contributed by atoms with E-state index in [1.54, 1.807) is 19.2 Å². The number of esters is 1. The lowest BCUT2D eigenvalue weighted by Gasteiger charge is -2.12. The number of aryl methyl sites for hydroxylation is 1. The molecule has 0 aliphatic rings. The van der Waals surface area contributed by atoms with Crippen molar-refractivity contribution < 1.29 is 9.53 Å². The Morgan fingerprint density at radius 3 is 2.70 bits per heavy atom. The molecule has 1 rings (SSSR count). The molecule has 0 aromatic carbocycles. The number of unbranched alkanes of at least 4 members (excludes halogenated alkanes) is 2. The summed E-state index contributed by atoms with van der Waals surface area (Å²) in [6, 6.07) is 1.58. The molecule has 0 saturated carbocycles. The zero-order chi connectivity index (χ0) is 15.0. The van der Waals surface area contributed by atoms with Crippen LogP contribution in [0.2, 0.25) is 0 Å². The van der Waals surface area contributed by atoms with E-state index in [1.807, 2.05) is 19.0 Å². The number of rotatable bonds is 8. The SMILES string of the molecule is CCOC(=O)CCCCCn1ncc(N(C)C)cc1=O. The zero-order valence-corrected chi connectivity index (χ0v) is 12.5. The lowest BCUT2D eigenvalue weighted by Crippen LogP contribution is -2.24. The Kier molecular flexibility index (Phi) is 6.76. The van der Waals surface area contributed by atoms with Gasteiger partial charge in [-0.05, 0) is 19.8 Å². The van der Waals surface area contributed by atoms with Gasteiger partial charge < -0.3 is 9.64 Å². The Morgan fingerprint density at radius 1 is 1.35 bits per heavy atom. The third-order valence-corrected chi connectivity index (χ3v) is 2.93. The van der Waals surface area contributed by atoms with Crippen LogP contribution in [0.1, 0.15) is 32.6 Å². The first-order valence-corrected chi connectivity index (χ1v) is 6.94. The molecule has 0 spiro atoms. The Balaban J connectivity index is 2.32. The van der Waals surface area contributed by atoms with Crippen molar-refractivity contribution in [1.82, 2.24) is 9.78 Å². The van der Waals surface area contributed by atoms with Crippen LogP contribution in [-0.4, -0.2) is 36.5 Å². The third kappa shape index (κ3) is 5.42. The van der Waals surface area contributed by atoms with Crippen LogP contribution in [0.4, 0.5) is 5.69 Å². The summed E-state index contributed by atoms with van der Waals surface area (Å²) in [5.74, 6) is -0.155. The molecule has 0 aliphatic carbocycles. The highest BCUT2D eigenvalue weighted by Crippen LogP contribution is 2.05. The predicted molar refractivity (Wildman–Crippen MR) is 77.9 cm³/mol. The number of ether oxygens (including phenoxy) is 1. The van der Waals surface area contributed by atoms with E-state index in [1.165, 1.54) is 4.68 Å². The largest absolute Gasteiger partial charge is 0.466 e. The molecule has 0 fully saturated rings. The first-order valence-electron chi connectivity index (χ1n) is 6.94. The first-order chi connectivity index (χ1) is 9.54. The molecule has 0 radical (unpaired) electrons. The predicted octanol–water partition coefficient (Wildman–Crippen LogP) is 1.43. The highest BCUT2D eigenvalue weighted by Gasteiger charge is 2.03. The lowest BCUT2D eigenvalue weighted by atomic mass is 10.2. The van der Waals surface area contributed by atoms with Gasteiger partial charge in [0, 0.05) is 33.1 Å². The standard InChI is InChI=1S/C14H23N3O3/c1-4-20-14(19)8-6-5-7-9-17-13(18)10-12(11-15-17)16(2)3/h10-11H,4-9H2,1-3H3. The summed E-state index contributed by atoms with van der Waals surface area (Å²) in [5, 5.41) is 4.13. The fraction of sp³-hybridized carbons (Fsp3) is 0.643. The van der Waals surface area contributed by atoms with Crippen LogP contribution in [0.5, 0.6) is 0 Å². The Labute approximate surface area is 119 Å². The molecule has 0 unspecified atom stereocenters. The quantitative estimate of drug-likeness (QED) is 0.533. The number of carbonyl (C=O) groups is 1. The van der Waals surface area contributed by atoms with Crippen molar-refractivity contribution in [3.05, 3.63) is 22.6 Å². The molecule has 1 aromatic heterocycles. The van der Waals surface area contributed by atoms with Crippen molar-refractivity contribution in [2.75, 3.05) is 25.6 Å². The van der Waals surface area contributed by atoms with Gasteiger partial charge in [0.2, 0.25) is 0 Å². The fourth-order valence-corrected chi connectivity index (χ4v) is 1.78. The van der Waals surface area contributed by atoms with Crippen molar-refractivity contribution in [1.29, 1.82) is 0 Å². The molecule has 6 nitrogen and oxygen atoms in total. The van der Waals surface area contributed by atoms with E-state index in [4.69, 9.17) is 4.74 Å². The molecule has 0 amide bonds. The minimum absolute atomic E-state index is 0.0957. The first kappa shape index (κ1) is 16.2. The molecule has 0 saturated heterocycles. The van der Waals surface area contributed by atoms with Gasteiger partial charge in [0.1, 0.15) is 0 Å². The van der Waals surface area contributed by atoms with Crippen molar-refractivity contribution in [2.45, 2.75) is 39.2 Å². The van der Waals surface area contributed by atoms with E-state index in [0.29, 0.717) is 19.6 Å². The van der Waals surface area contributed by atoms with E-state index in [2.05, 4.69) is 5.10 Å². The van der Waals surface area contributed by atoms with E-state index in [-0.39, 0.29) is 11.5 Å². The van der Waals surface area contributed by atoms with Gasteiger partial charge in [0.25, 0.3) is 5.56 Å². The van der Waals surface area contributed by atoms with Gasteiger partial charge in [0.05, 0.1) is 18.5 Å². The van der Waals surface area contributed by atoms with Crippen molar-refractivity contribution in [3.63, 3.8) is 0 Å². The summed E-state index contributed by atoms with van der Waals surface area (Å²) in [6.45, 7) is 2.80. The molecule has 112 valence electrons. The number of hydrogen-bond donors (Lipinski definition) is 0. The van der Waals surface area contributed by atoms with E-state index < -0.39 is 0 Å². The topological polar surface area (TPSA) is 64.4 Å². The second-order valence-electron chi connectivity index (χ2n) is 4.79. The normalized spacial score (nSPS) is 10.3. The van der Waals surface area contributed by atoms with E-state index >= 15 is 0 Å². The summed E-state index contributed by atoms with van der Waals surface area (Å²) >= 11 is 0. The number of hydrogen-bond acceptors (Lipinski definition) is 5. The number of carbonyl (C=O) groups excluding carboxylic acids is 1. The summed E-state index contributed by atoms with van der Waals surface area (Å²) < 4.78 is 6.31. The van der Waals surface area contributed by atoms with Crippen LogP contribution in [0, 0.1) is 0 Å². The van der Waals surface area contributed by atoms with Crippen LogP contribution >= 0.6 is 0 Å². The Hall–Kier alpha value is -1.85. The van der Waals surface area contributed by atoms with Gasteiger partial charge in [-0.2, -0.15) is 5.10 Å². The summed E-state index contributed by atoms with van der Waals surface area (Å²) in [4.78, 5) is 24.8. The Bertz CT molecular complexity index is 483. The van der Waals surface area contributed by atoms with E-state index in [0.717, 1.165) is 24.9 Å². The molecule has 1 heterocycles. The highest BCUT2D eigenvalue weighted by molar-refractivity contribution is 5.69. The fourth-order valence-electron chi connectivity index (χ4n) is 1.78. The summed E-state index contributed by atoms with van der Waals surface area (Å²) in [6.07, 6.45) is 4.61. The number of nitrogens with zero attached hydrogens (tertiary/aromatic N) is 3. The molecule has 0 bridgehead atoms. The lowest BCUT2D eigenvalue weighted by molar-refractivity contribution is -0.143. The van der Waals surface area contributed by atoms with Crippen LogP contribution < -0.4 is 10.5 Å². The zero-order valence-electron chi connectivity index (χ0n) is 12.5. The molecule has 0 N–H and O–H groups in total. The van der Waals surface area contributed by atoms with Gasteiger partial charge in [-0.1, -0.05) is 6.42 Å². The van der Waals surface area contributed by atoms with Crippen LogP contribution in [0.25, 0.3) is 0 Å². The molecule has 0 atom stereocenters. The van der Waals surface area contributed by atoms with Gasteiger partial charge in [-0.3, -0.25) is 9.59 Å². The second-order valence-corrected chi connectivity index (χ2v) is 4.79. The second kappa shape index (κ2) is 8.35. The molecule has 0 aliphatic heterocycles. The number of anilines is 1. The van der Waals surface area contributed by atoms with Gasteiger partial charge in [0.15, 0.2) is 0 Å². The third-order valence-electron chi connectivity index (χ3n) is 2.93. The van der Waals surface area contributed by atoms with Gasteiger partial charge in [-0.15, -0.1) is 0 Å². The van der Waals surface area contributed by atoms with Crippen molar-refractivity contribution in [3.8, 4) is 0 Å². The maximum atomic E-state index is 11.8. The van der Waals surface area contributed by atoms with Gasteiger partial charge in [-0.25, -0.2) is 4.68 Å². The molecule has 6 heteroatoms. The monoisotopic (exact) mass is 281 g/mol. The summed E-state index contributed by atoms with van der Waals surface area (Å²) in [7, 11) is 3.74. The maximum Gasteiger partial charge on any atom is 0.305 e. The van der Waals surface area contributed by atoms with Crippen molar-refractivity contribution in [2.24, 2.45) is 0 Å². The van der Waals surface area contributed by atoms with Crippen LogP contribution in [0.15, 0.2) is 17.1 Å². The van der Waals surface area contributed by atoms with E-state index in [9.17, 15) is 9.59 Å². The smallest absolute Gasteiger partial charge is 0.305 e. The minimum atomic E-state index is -0.155. The van der Waals surface area contributed by atoms with Crippen molar-refractivity contribution >= 4 is 11.7 Å². The van der Waals surface area contributed by atoms with Crippen LogP contribution in [-0.2, 0) is 16.1 Å². The molecular weight excluding hydrogens is 258 g/mol. The molecule has 1 aromatic rings. The number of aromatic nitrogens is 2. The minimum Gasteiger partial charge on any atom is -0.466 e. The highest BCUT2D eigenvalue weighted by atomic mass is 16.5. The average molecular weight is 281 g/mol. The Morgan fingerprint density at radius 2 is 2.10 bits per heavy atom.